The maximum Gasteiger partial charge on any atom is 0.418 e. The van der Waals surface area contributed by atoms with Crippen LogP contribution in [-0.4, -0.2) is 17.5 Å². The maximum absolute atomic E-state index is 13.3. The summed E-state index contributed by atoms with van der Waals surface area (Å²) in [6, 6.07) is 13.3. The van der Waals surface area contributed by atoms with E-state index in [0.29, 0.717) is 47.4 Å². The first-order chi connectivity index (χ1) is 15.8. The number of rotatable bonds is 4. The Kier molecular flexibility index (Phi) is 6.04. The number of carbonyl (C=O) groups is 2. The van der Waals surface area contributed by atoms with Crippen LogP contribution in [0, 0.1) is 6.92 Å². The number of hydrogen-bond donors (Lipinski definition) is 2. The minimum absolute atomic E-state index is 0.0824. The number of para-hydroxylation sites is 1. The molecular formula is C24H20F3N3O3. The van der Waals surface area contributed by atoms with Crippen molar-refractivity contribution in [2.24, 2.45) is 5.10 Å². The van der Waals surface area contributed by atoms with Crippen LogP contribution in [0.3, 0.4) is 0 Å². The Morgan fingerprint density at radius 3 is 2.39 bits per heavy atom. The summed E-state index contributed by atoms with van der Waals surface area (Å²) in [7, 11) is 0. The third-order valence-electron chi connectivity index (χ3n) is 5.34. The molecule has 0 atom stereocenters. The molecule has 33 heavy (non-hydrogen) atoms. The molecule has 0 spiro atoms. The van der Waals surface area contributed by atoms with Gasteiger partial charge >= 0.3 is 6.18 Å². The van der Waals surface area contributed by atoms with Crippen LogP contribution in [0.2, 0.25) is 0 Å². The van der Waals surface area contributed by atoms with Crippen LogP contribution in [-0.2, 0) is 12.6 Å². The van der Waals surface area contributed by atoms with Crippen molar-refractivity contribution in [3.8, 4) is 0 Å². The van der Waals surface area contributed by atoms with Crippen molar-refractivity contribution in [1.29, 1.82) is 0 Å². The summed E-state index contributed by atoms with van der Waals surface area (Å²) in [5.74, 6) is -0.731. The van der Waals surface area contributed by atoms with Crippen molar-refractivity contribution in [2.45, 2.75) is 32.4 Å². The zero-order valence-electron chi connectivity index (χ0n) is 17.6. The van der Waals surface area contributed by atoms with E-state index in [0.717, 1.165) is 6.07 Å². The molecule has 2 amide bonds. The number of hydrazone groups is 1. The molecule has 0 fully saturated rings. The fraction of sp³-hybridized carbons (Fsp3) is 0.208. The molecule has 1 aliphatic carbocycles. The molecular weight excluding hydrogens is 435 g/mol. The first-order valence-electron chi connectivity index (χ1n) is 10.3. The van der Waals surface area contributed by atoms with Crippen molar-refractivity contribution in [1.82, 2.24) is 5.43 Å². The SMILES string of the molecule is Cc1c(C(=O)Nc2ccccc2C(F)(F)F)oc2c1/C(=N/NC(=O)c1ccccc1)CCC2. The molecule has 0 saturated carbocycles. The van der Waals surface area contributed by atoms with Gasteiger partial charge in [0, 0.05) is 23.1 Å². The number of benzene rings is 2. The number of furan rings is 1. The Balaban J connectivity index is 1.59. The highest BCUT2D eigenvalue weighted by atomic mass is 19.4. The molecule has 0 aliphatic heterocycles. The summed E-state index contributed by atoms with van der Waals surface area (Å²) in [6.45, 7) is 1.65. The van der Waals surface area contributed by atoms with Gasteiger partial charge in [0.2, 0.25) is 0 Å². The number of alkyl halides is 3. The van der Waals surface area contributed by atoms with Crippen LogP contribution < -0.4 is 10.7 Å². The second-order valence-electron chi connectivity index (χ2n) is 7.57. The summed E-state index contributed by atoms with van der Waals surface area (Å²) in [4.78, 5) is 25.1. The molecule has 0 saturated heterocycles. The second kappa shape index (κ2) is 8.93. The molecule has 1 heterocycles. The number of nitrogens with zero attached hydrogens (tertiary/aromatic N) is 1. The van der Waals surface area contributed by atoms with Gasteiger partial charge in [0.25, 0.3) is 11.8 Å². The number of amides is 2. The number of aryl methyl sites for hydroxylation is 1. The predicted molar refractivity (Wildman–Crippen MR) is 116 cm³/mol. The van der Waals surface area contributed by atoms with E-state index in [1.165, 1.54) is 18.2 Å². The van der Waals surface area contributed by atoms with Gasteiger partial charge in [-0.2, -0.15) is 18.3 Å². The highest BCUT2D eigenvalue weighted by Crippen LogP contribution is 2.35. The highest BCUT2D eigenvalue weighted by Gasteiger charge is 2.34. The fourth-order valence-electron chi connectivity index (χ4n) is 3.79. The van der Waals surface area contributed by atoms with E-state index in [1.807, 2.05) is 0 Å². The summed E-state index contributed by atoms with van der Waals surface area (Å²) in [6.07, 6.45) is -2.81. The zero-order valence-corrected chi connectivity index (χ0v) is 17.6. The van der Waals surface area contributed by atoms with Crippen LogP contribution in [0.15, 0.2) is 64.1 Å². The van der Waals surface area contributed by atoms with Gasteiger partial charge in [-0.15, -0.1) is 0 Å². The summed E-state index contributed by atoms with van der Waals surface area (Å²) < 4.78 is 45.5. The topological polar surface area (TPSA) is 83.7 Å². The Bertz CT molecular complexity index is 1230. The highest BCUT2D eigenvalue weighted by molar-refractivity contribution is 6.09. The van der Waals surface area contributed by atoms with Crippen molar-refractivity contribution < 1.29 is 27.2 Å². The van der Waals surface area contributed by atoms with Crippen molar-refractivity contribution >= 4 is 23.2 Å². The Hall–Kier alpha value is -3.88. The van der Waals surface area contributed by atoms with E-state index in [9.17, 15) is 22.8 Å². The van der Waals surface area contributed by atoms with E-state index in [-0.39, 0.29) is 17.4 Å². The number of hydrogen-bond acceptors (Lipinski definition) is 4. The smallest absolute Gasteiger partial charge is 0.418 e. The number of fused-ring (bicyclic) bond motifs is 1. The van der Waals surface area contributed by atoms with Gasteiger partial charge in [-0.25, -0.2) is 5.43 Å². The van der Waals surface area contributed by atoms with Crippen LogP contribution in [0.1, 0.15) is 56.2 Å². The van der Waals surface area contributed by atoms with Gasteiger partial charge in [-0.05, 0) is 44.0 Å². The normalized spacial score (nSPS) is 14.6. The van der Waals surface area contributed by atoms with Crippen LogP contribution in [0.5, 0.6) is 0 Å². The second-order valence-corrected chi connectivity index (χ2v) is 7.57. The van der Waals surface area contributed by atoms with E-state index in [4.69, 9.17) is 4.42 Å². The van der Waals surface area contributed by atoms with Crippen molar-refractivity contribution in [3.05, 3.63) is 88.4 Å². The van der Waals surface area contributed by atoms with Crippen molar-refractivity contribution in [3.63, 3.8) is 0 Å². The minimum atomic E-state index is -4.61. The number of nitrogens with one attached hydrogen (secondary N) is 2. The quantitative estimate of drug-likeness (QED) is 0.522. The lowest BCUT2D eigenvalue weighted by Gasteiger charge is -2.13. The number of halogens is 3. The first-order valence-corrected chi connectivity index (χ1v) is 10.3. The predicted octanol–water partition coefficient (Wildman–Crippen LogP) is 5.33. The molecule has 2 aromatic carbocycles. The standard InChI is InChI=1S/C24H20F3N3O3/c1-14-20-18(29-30-22(31)15-8-3-2-4-9-15)12-7-13-19(20)33-21(14)23(32)28-17-11-6-5-10-16(17)24(25,26)27/h2-6,8-11H,7,12-13H2,1H3,(H,28,32)(H,30,31)/b29-18+. The monoisotopic (exact) mass is 455 g/mol. The molecule has 1 aliphatic rings. The lowest BCUT2D eigenvalue weighted by Crippen LogP contribution is -2.22. The number of carbonyl (C=O) groups excluding carboxylic acids is 2. The van der Waals surface area contributed by atoms with Gasteiger partial charge < -0.3 is 9.73 Å². The lowest BCUT2D eigenvalue weighted by atomic mass is 9.93. The molecule has 3 aromatic rings. The number of anilines is 1. The average molecular weight is 455 g/mol. The third kappa shape index (κ3) is 4.67. The fourth-order valence-corrected chi connectivity index (χ4v) is 3.79. The van der Waals surface area contributed by atoms with Crippen LogP contribution in [0.25, 0.3) is 0 Å². The summed E-state index contributed by atoms with van der Waals surface area (Å²) >= 11 is 0. The molecule has 0 unspecified atom stereocenters. The molecule has 0 bridgehead atoms. The van der Waals surface area contributed by atoms with Gasteiger partial charge in [0.05, 0.1) is 17.0 Å². The maximum atomic E-state index is 13.3. The van der Waals surface area contributed by atoms with E-state index >= 15 is 0 Å². The molecule has 0 radical (unpaired) electrons. The molecule has 9 heteroatoms. The van der Waals surface area contributed by atoms with Gasteiger partial charge in [-0.3, -0.25) is 9.59 Å². The molecule has 6 nitrogen and oxygen atoms in total. The van der Waals surface area contributed by atoms with Gasteiger partial charge in [0.1, 0.15) is 5.76 Å². The first kappa shape index (κ1) is 22.3. The van der Waals surface area contributed by atoms with Gasteiger partial charge in [0.15, 0.2) is 5.76 Å². The minimum Gasteiger partial charge on any atom is -0.455 e. The van der Waals surface area contributed by atoms with E-state index in [1.54, 1.807) is 37.3 Å². The molecule has 1 aromatic heterocycles. The van der Waals surface area contributed by atoms with E-state index < -0.39 is 17.6 Å². The Morgan fingerprint density at radius 1 is 0.970 bits per heavy atom. The molecule has 4 rings (SSSR count). The third-order valence-corrected chi connectivity index (χ3v) is 5.34. The molecule has 170 valence electrons. The van der Waals surface area contributed by atoms with Crippen LogP contribution in [0.4, 0.5) is 18.9 Å². The molecule has 2 N–H and O–H groups in total. The van der Waals surface area contributed by atoms with Crippen molar-refractivity contribution in [2.75, 3.05) is 5.32 Å². The average Bonchev–Trinajstić information content (AvgIpc) is 3.15. The summed E-state index contributed by atoms with van der Waals surface area (Å²) in [5.41, 5.74) is 3.28. The largest absolute Gasteiger partial charge is 0.455 e. The lowest BCUT2D eigenvalue weighted by molar-refractivity contribution is -0.136. The zero-order chi connectivity index (χ0) is 23.6. The van der Waals surface area contributed by atoms with E-state index in [2.05, 4.69) is 15.8 Å². The Morgan fingerprint density at radius 2 is 1.67 bits per heavy atom. The van der Waals surface area contributed by atoms with Gasteiger partial charge in [-0.1, -0.05) is 30.3 Å². The van der Waals surface area contributed by atoms with Crippen LogP contribution >= 0.6 is 0 Å². The Labute approximate surface area is 187 Å². The summed E-state index contributed by atoms with van der Waals surface area (Å²) in [5, 5.41) is 6.55.